The van der Waals surface area contributed by atoms with Gasteiger partial charge in [-0.1, -0.05) is 76.8 Å². The molecular formula is C25H35N3. The third-order valence-electron chi connectivity index (χ3n) is 5.53. The molecule has 0 unspecified atom stereocenters. The van der Waals surface area contributed by atoms with Crippen molar-refractivity contribution < 1.29 is 0 Å². The minimum absolute atomic E-state index is 0.975. The van der Waals surface area contributed by atoms with Gasteiger partial charge in [0.25, 0.3) is 0 Å². The fraction of sp³-hybridized carbons (Fsp3) is 0.520. The first-order valence-electron chi connectivity index (χ1n) is 11.2. The lowest BCUT2D eigenvalue weighted by Crippen LogP contribution is -2.02. The summed E-state index contributed by atoms with van der Waals surface area (Å²) in [6.07, 6.45) is 15.5. The molecule has 3 aromatic rings. The molecule has 0 aliphatic rings. The van der Waals surface area contributed by atoms with Crippen molar-refractivity contribution in [2.75, 3.05) is 0 Å². The third kappa shape index (κ3) is 5.67. The molecule has 3 heteroatoms. The molecule has 0 amide bonds. The number of fused-ring (bicyclic) bond motifs is 1. The Morgan fingerprint density at radius 1 is 0.821 bits per heavy atom. The van der Waals surface area contributed by atoms with Crippen LogP contribution in [-0.4, -0.2) is 14.5 Å². The molecule has 0 spiro atoms. The number of para-hydroxylation sites is 2. The van der Waals surface area contributed by atoms with Gasteiger partial charge in [-0.15, -0.1) is 0 Å². The molecule has 0 saturated heterocycles. The Bertz CT molecular complexity index is 850. The Balaban J connectivity index is 1.55. The lowest BCUT2D eigenvalue weighted by atomic mass is 10.1. The van der Waals surface area contributed by atoms with Crippen LogP contribution in [0.2, 0.25) is 0 Å². The highest BCUT2D eigenvalue weighted by atomic mass is 15.1. The van der Waals surface area contributed by atoms with E-state index in [0.29, 0.717) is 0 Å². The summed E-state index contributed by atoms with van der Waals surface area (Å²) in [7, 11) is 0. The maximum atomic E-state index is 4.89. The van der Waals surface area contributed by atoms with Gasteiger partial charge in [0, 0.05) is 12.7 Å². The van der Waals surface area contributed by atoms with Crippen LogP contribution in [-0.2, 0) is 6.54 Å². The molecular weight excluding hydrogens is 342 g/mol. The SMILES string of the molecule is CCCCCCCCCCCCn1c(-c2cc(C)ccn2)nc2ccccc21. The molecule has 3 rings (SSSR count). The highest BCUT2D eigenvalue weighted by Gasteiger charge is 2.13. The van der Waals surface area contributed by atoms with E-state index < -0.39 is 0 Å². The number of hydrogen-bond acceptors (Lipinski definition) is 2. The van der Waals surface area contributed by atoms with Gasteiger partial charge in [-0.25, -0.2) is 4.98 Å². The summed E-state index contributed by atoms with van der Waals surface area (Å²) in [5.41, 5.74) is 4.48. The summed E-state index contributed by atoms with van der Waals surface area (Å²) in [5, 5.41) is 0. The van der Waals surface area contributed by atoms with Crippen molar-refractivity contribution in [3.63, 3.8) is 0 Å². The van der Waals surface area contributed by atoms with Gasteiger partial charge in [-0.2, -0.15) is 0 Å². The van der Waals surface area contributed by atoms with Gasteiger partial charge >= 0.3 is 0 Å². The van der Waals surface area contributed by atoms with E-state index in [1.807, 2.05) is 12.3 Å². The molecule has 28 heavy (non-hydrogen) atoms. The van der Waals surface area contributed by atoms with E-state index in [1.165, 1.54) is 75.3 Å². The van der Waals surface area contributed by atoms with Crippen molar-refractivity contribution in [2.45, 2.75) is 84.6 Å². The maximum absolute atomic E-state index is 4.89. The van der Waals surface area contributed by atoms with Crippen LogP contribution in [0.5, 0.6) is 0 Å². The monoisotopic (exact) mass is 377 g/mol. The Kier molecular flexibility index (Phi) is 8.07. The van der Waals surface area contributed by atoms with E-state index in [9.17, 15) is 0 Å². The van der Waals surface area contributed by atoms with E-state index in [2.05, 4.69) is 53.7 Å². The molecule has 0 saturated carbocycles. The molecule has 0 aliphatic heterocycles. The highest BCUT2D eigenvalue weighted by molar-refractivity contribution is 5.80. The molecule has 0 aliphatic carbocycles. The fourth-order valence-electron chi connectivity index (χ4n) is 3.91. The molecule has 150 valence electrons. The highest BCUT2D eigenvalue weighted by Crippen LogP contribution is 2.25. The Morgan fingerprint density at radius 2 is 1.50 bits per heavy atom. The van der Waals surface area contributed by atoms with Crippen molar-refractivity contribution in [2.24, 2.45) is 0 Å². The molecule has 2 heterocycles. The predicted molar refractivity (Wildman–Crippen MR) is 120 cm³/mol. The number of nitrogens with zero attached hydrogens (tertiary/aromatic N) is 3. The summed E-state index contributed by atoms with van der Waals surface area (Å²) < 4.78 is 2.36. The summed E-state index contributed by atoms with van der Waals surface area (Å²) in [4.78, 5) is 9.47. The molecule has 0 fully saturated rings. The van der Waals surface area contributed by atoms with Gasteiger partial charge in [0.2, 0.25) is 0 Å². The number of pyridine rings is 1. The smallest absolute Gasteiger partial charge is 0.159 e. The average Bonchev–Trinajstić information content (AvgIpc) is 3.08. The zero-order valence-electron chi connectivity index (χ0n) is 17.7. The van der Waals surface area contributed by atoms with Crippen LogP contribution in [0.3, 0.4) is 0 Å². The number of rotatable bonds is 12. The molecule has 0 bridgehead atoms. The van der Waals surface area contributed by atoms with Gasteiger partial charge < -0.3 is 4.57 Å². The first kappa shape index (κ1) is 20.6. The predicted octanol–water partition coefficient (Wildman–Crippen LogP) is 7.33. The lowest BCUT2D eigenvalue weighted by Gasteiger charge is -2.09. The van der Waals surface area contributed by atoms with Gasteiger partial charge in [0.05, 0.1) is 11.0 Å². The Labute approximate surface area is 170 Å². The second-order valence-corrected chi connectivity index (χ2v) is 7.98. The van der Waals surface area contributed by atoms with E-state index >= 15 is 0 Å². The molecule has 0 radical (unpaired) electrons. The van der Waals surface area contributed by atoms with Crippen LogP contribution in [0, 0.1) is 6.92 Å². The minimum atomic E-state index is 0.975. The summed E-state index contributed by atoms with van der Waals surface area (Å²) in [6, 6.07) is 12.6. The fourth-order valence-corrected chi connectivity index (χ4v) is 3.91. The van der Waals surface area contributed by atoms with Crippen LogP contribution in [0.1, 0.15) is 76.7 Å². The maximum Gasteiger partial charge on any atom is 0.159 e. The Hall–Kier alpha value is -2.16. The van der Waals surface area contributed by atoms with Crippen molar-refractivity contribution in [1.82, 2.24) is 14.5 Å². The zero-order chi connectivity index (χ0) is 19.6. The van der Waals surface area contributed by atoms with Gasteiger partial charge in [-0.05, 0) is 43.2 Å². The number of aromatic nitrogens is 3. The normalized spacial score (nSPS) is 11.4. The second kappa shape index (κ2) is 11.0. The van der Waals surface area contributed by atoms with Crippen LogP contribution in [0.15, 0.2) is 42.6 Å². The molecule has 0 atom stereocenters. The van der Waals surface area contributed by atoms with Crippen LogP contribution < -0.4 is 0 Å². The average molecular weight is 378 g/mol. The lowest BCUT2D eigenvalue weighted by molar-refractivity contribution is 0.539. The zero-order valence-corrected chi connectivity index (χ0v) is 17.7. The van der Waals surface area contributed by atoms with Crippen LogP contribution in [0.4, 0.5) is 0 Å². The van der Waals surface area contributed by atoms with Crippen LogP contribution in [0.25, 0.3) is 22.6 Å². The summed E-state index contributed by atoms with van der Waals surface area (Å²) in [5.74, 6) is 1.00. The van der Waals surface area contributed by atoms with Crippen LogP contribution >= 0.6 is 0 Å². The van der Waals surface area contributed by atoms with Gasteiger partial charge in [0.15, 0.2) is 5.82 Å². The number of hydrogen-bond donors (Lipinski definition) is 0. The number of benzene rings is 1. The largest absolute Gasteiger partial charge is 0.323 e. The van der Waals surface area contributed by atoms with E-state index in [0.717, 1.165) is 23.6 Å². The first-order valence-corrected chi connectivity index (χ1v) is 11.2. The van der Waals surface area contributed by atoms with Crippen molar-refractivity contribution in [3.05, 3.63) is 48.2 Å². The molecule has 3 nitrogen and oxygen atoms in total. The third-order valence-corrected chi connectivity index (χ3v) is 5.53. The number of unbranched alkanes of at least 4 members (excludes halogenated alkanes) is 9. The molecule has 2 aromatic heterocycles. The Morgan fingerprint density at radius 3 is 2.21 bits per heavy atom. The quantitative estimate of drug-likeness (QED) is 0.309. The van der Waals surface area contributed by atoms with Crippen molar-refractivity contribution >= 4 is 11.0 Å². The second-order valence-electron chi connectivity index (χ2n) is 7.98. The van der Waals surface area contributed by atoms with E-state index in [1.54, 1.807) is 0 Å². The van der Waals surface area contributed by atoms with Crippen molar-refractivity contribution in [3.8, 4) is 11.5 Å². The number of imidazole rings is 1. The topological polar surface area (TPSA) is 30.7 Å². The van der Waals surface area contributed by atoms with E-state index in [4.69, 9.17) is 4.98 Å². The minimum Gasteiger partial charge on any atom is -0.323 e. The summed E-state index contributed by atoms with van der Waals surface area (Å²) in [6.45, 7) is 5.41. The molecule has 1 aromatic carbocycles. The van der Waals surface area contributed by atoms with Gasteiger partial charge in [0.1, 0.15) is 5.69 Å². The standard InChI is InChI=1S/C25H35N3/c1-3-4-5-6-7-8-9-10-11-14-19-28-24-16-13-12-15-22(24)27-25(28)23-20-21(2)17-18-26-23/h12-13,15-18,20H,3-11,14,19H2,1-2H3. The van der Waals surface area contributed by atoms with Crippen molar-refractivity contribution in [1.29, 1.82) is 0 Å². The molecule has 0 N–H and O–H groups in total. The first-order chi connectivity index (χ1) is 13.8. The van der Waals surface area contributed by atoms with E-state index in [-0.39, 0.29) is 0 Å². The summed E-state index contributed by atoms with van der Waals surface area (Å²) >= 11 is 0. The number of aryl methyl sites for hydroxylation is 2. The van der Waals surface area contributed by atoms with Gasteiger partial charge in [-0.3, -0.25) is 4.98 Å².